The molecule has 2 amide bonds. The molecule has 6 heteroatoms. The third kappa shape index (κ3) is 4.76. The first-order valence-corrected chi connectivity index (χ1v) is 9.28. The number of imide groups is 1. The fraction of sp³-hybridized carbons (Fsp3) is 0.318. The van der Waals surface area contributed by atoms with Gasteiger partial charge in [0.1, 0.15) is 12.4 Å². The molecule has 1 aliphatic rings. The van der Waals surface area contributed by atoms with Crippen LogP contribution in [0, 0.1) is 0 Å². The zero-order chi connectivity index (χ0) is 19.9. The average molecular weight is 381 g/mol. The first kappa shape index (κ1) is 19.6. The molecule has 6 nitrogen and oxygen atoms in total. The summed E-state index contributed by atoms with van der Waals surface area (Å²) in [6.07, 6.45) is 1.44. The minimum Gasteiger partial charge on any atom is -0.497 e. The molecular formula is C22H23NO5. The number of methoxy groups -OCH3 is 1. The highest BCUT2D eigenvalue weighted by Crippen LogP contribution is 2.25. The van der Waals surface area contributed by atoms with Gasteiger partial charge < -0.3 is 9.47 Å². The number of rotatable bonds is 7. The topological polar surface area (TPSA) is 72.9 Å². The number of benzene rings is 2. The molecule has 0 N–H and O–H groups in total. The second-order valence-electron chi connectivity index (χ2n) is 6.67. The SMILES string of the molecule is COc1ccc(C(=O)N2C(=O)CCC2CCC(=O)OCc2ccccc2)cc1. The van der Waals surface area contributed by atoms with Crippen LogP contribution in [0.2, 0.25) is 0 Å². The molecule has 1 heterocycles. The summed E-state index contributed by atoms with van der Waals surface area (Å²) in [5.74, 6) is -0.238. The number of esters is 1. The Morgan fingerprint density at radius 3 is 2.46 bits per heavy atom. The van der Waals surface area contributed by atoms with Crippen LogP contribution < -0.4 is 4.74 Å². The van der Waals surface area contributed by atoms with E-state index in [9.17, 15) is 14.4 Å². The van der Waals surface area contributed by atoms with Crippen molar-refractivity contribution >= 4 is 17.8 Å². The molecule has 28 heavy (non-hydrogen) atoms. The molecule has 3 rings (SSSR count). The lowest BCUT2D eigenvalue weighted by molar-refractivity contribution is -0.145. The molecule has 0 bridgehead atoms. The number of carbonyl (C=O) groups is 3. The van der Waals surface area contributed by atoms with Crippen LogP contribution in [0.3, 0.4) is 0 Å². The van der Waals surface area contributed by atoms with E-state index in [2.05, 4.69) is 0 Å². The molecule has 1 fully saturated rings. The van der Waals surface area contributed by atoms with E-state index in [1.54, 1.807) is 31.4 Å². The van der Waals surface area contributed by atoms with Gasteiger partial charge in [0.15, 0.2) is 0 Å². The maximum absolute atomic E-state index is 12.8. The smallest absolute Gasteiger partial charge is 0.306 e. The Hall–Kier alpha value is -3.15. The zero-order valence-corrected chi connectivity index (χ0v) is 15.8. The lowest BCUT2D eigenvalue weighted by Crippen LogP contribution is -2.39. The van der Waals surface area contributed by atoms with Crippen molar-refractivity contribution in [1.82, 2.24) is 4.90 Å². The van der Waals surface area contributed by atoms with E-state index < -0.39 is 0 Å². The summed E-state index contributed by atoms with van der Waals surface area (Å²) < 4.78 is 10.4. The highest BCUT2D eigenvalue weighted by molar-refractivity contribution is 6.06. The number of hydrogen-bond donors (Lipinski definition) is 0. The van der Waals surface area contributed by atoms with Crippen LogP contribution in [-0.2, 0) is 20.9 Å². The molecule has 0 radical (unpaired) electrons. The van der Waals surface area contributed by atoms with Crippen LogP contribution in [0.15, 0.2) is 54.6 Å². The maximum atomic E-state index is 12.8. The monoisotopic (exact) mass is 381 g/mol. The molecule has 2 aromatic rings. The number of likely N-dealkylation sites (tertiary alicyclic amines) is 1. The van der Waals surface area contributed by atoms with Gasteiger partial charge in [0, 0.05) is 24.4 Å². The van der Waals surface area contributed by atoms with Crippen molar-refractivity contribution in [2.24, 2.45) is 0 Å². The van der Waals surface area contributed by atoms with Crippen molar-refractivity contribution in [1.29, 1.82) is 0 Å². The lowest BCUT2D eigenvalue weighted by Gasteiger charge is -2.23. The normalized spacial score (nSPS) is 16.1. The Bertz CT molecular complexity index is 832. The summed E-state index contributed by atoms with van der Waals surface area (Å²) in [6.45, 7) is 0.220. The fourth-order valence-corrected chi connectivity index (χ4v) is 3.26. The van der Waals surface area contributed by atoms with Gasteiger partial charge in [-0.1, -0.05) is 30.3 Å². The van der Waals surface area contributed by atoms with Gasteiger partial charge in [-0.15, -0.1) is 0 Å². The predicted molar refractivity (Wildman–Crippen MR) is 103 cm³/mol. The van der Waals surface area contributed by atoms with Gasteiger partial charge in [0.05, 0.1) is 7.11 Å². The Morgan fingerprint density at radius 1 is 1.07 bits per heavy atom. The van der Waals surface area contributed by atoms with Crippen molar-refractivity contribution < 1.29 is 23.9 Å². The van der Waals surface area contributed by atoms with Crippen LogP contribution in [0.4, 0.5) is 0 Å². The second-order valence-corrected chi connectivity index (χ2v) is 6.67. The van der Waals surface area contributed by atoms with E-state index in [0.717, 1.165) is 5.56 Å². The van der Waals surface area contributed by atoms with E-state index in [1.807, 2.05) is 30.3 Å². The van der Waals surface area contributed by atoms with Gasteiger partial charge in [-0.25, -0.2) is 0 Å². The van der Waals surface area contributed by atoms with E-state index in [1.165, 1.54) is 4.90 Å². The van der Waals surface area contributed by atoms with E-state index in [-0.39, 0.29) is 36.9 Å². The Balaban J connectivity index is 1.55. The Labute approximate surface area is 164 Å². The highest BCUT2D eigenvalue weighted by atomic mass is 16.5. The standard InChI is InChI=1S/C22H23NO5/c1-27-19-11-7-17(8-12-19)22(26)23-18(9-13-20(23)24)10-14-21(25)28-15-16-5-3-2-4-6-16/h2-8,11-12,18H,9-10,13-15H2,1H3. The van der Waals surface area contributed by atoms with Crippen LogP contribution >= 0.6 is 0 Å². The highest BCUT2D eigenvalue weighted by Gasteiger charge is 2.36. The molecular weight excluding hydrogens is 358 g/mol. The number of ether oxygens (including phenoxy) is 2. The number of amides is 2. The predicted octanol–water partition coefficient (Wildman–Crippen LogP) is 3.35. The summed E-state index contributed by atoms with van der Waals surface area (Å²) in [6, 6.07) is 15.8. The molecule has 0 aliphatic carbocycles. The number of nitrogens with zero attached hydrogens (tertiary/aromatic N) is 1. The minimum atomic E-state index is -0.340. The fourth-order valence-electron chi connectivity index (χ4n) is 3.26. The number of carbonyl (C=O) groups excluding carboxylic acids is 3. The third-order valence-corrected chi connectivity index (χ3v) is 4.81. The van der Waals surface area contributed by atoms with Gasteiger partial charge in [0.25, 0.3) is 5.91 Å². The van der Waals surface area contributed by atoms with Crippen LogP contribution in [0.5, 0.6) is 5.75 Å². The van der Waals surface area contributed by atoms with E-state index in [0.29, 0.717) is 30.6 Å². The molecule has 2 aromatic carbocycles. The van der Waals surface area contributed by atoms with Gasteiger partial charge in [-0.05, 0) is 42.7 Å². The van der Waals surface area contributed by atoms with E-state index >= 15 is 0 Å². The number of hydrogen-bond acceptors (Lipinski definition) is 5. The molecule has 1 aliphatic heterocycles. The molecule has 0 aromatic heterocycles. The Kier molecular flexibility index (Phi) is 6.42. The van der Waals surface area contributed by atoms with Crippen LogP contribution in [0.25, 0.3) is 0 Å². The Morgan fingerprint density at radius 2 is 1.79 bits per heavy atom. The summed E-state index contributed by atoms with van der Waals surface area (Å²) in [5.41, 5.74) is 1.34. The van der Waals surface area contributed by atoms with Gasteiger partial charge in [-0.2, -0.15) is 0 Å². The summed E-state index contributed by atoms with van der Waals surface area (Å²) >= 11 is 0. The maximum Gasteiger partial charge on any atom is 0.306 e. The summed E-state index contributed by atoms with van der Waals surface area (Å²) in [7, 11) is 1.55. The summed E-state index contributed by atoms with van der Waals surface area (Å²) in [4.78, 5) is 38.3. The molecule has 1 unspecified atom stereocenters. The van der Waals surface area contributed by atoms with Crippen molar-refractivity contribution in [2.75, 3.05) is 7.11 Å². The van der Waals surface area contributed by atoms with Crippen molar-refractivity contribution in [3.8, 4) is 5.75 Å². The molecule has 1 atom stereocenters. The average Bonchev–Trinajstić information content (AvgIpc) is 3.11. The quantitative estimate of drug-likeness (QED) is 0.543. The largest absolute Gasteiger partial charge is 0.497 e. The minimum absolute atomic E-state index is 0.164. The second kappa shape index (κ2) is 9.17. The first-order chi connectivity index (χ1) is 13.6. The molecule has 1 saturated heterocycles. The van der Waals surface area contributed by atoms with Crippen LogP contribution in [0.1, 0.15) is 41.6 Å². The van der Waals surface area contributed by atoms with Crippen molar-refractivity contribution in [3.05, 3.63) is 65.7 Å². The van der Waals surface area contributed by atoms with Crippen LogP contribution in [-0.4, -0.2) is 35.8 Å². The van der Waals surface area contributed by atoms with Gasteiger partial charge in [-0.3, -0.25) is 19.3 Å². The molecule has 0 saturated carbocycles. The molecule has 146 valence electrons. The van der Waals surface area contributed by atoms with Gasteiger partial charge >= 0.3 is 5.97 Å². The zero-order valence-electron chi connectivity index (χ0n) is 15.8. The summed E-state index contributed by atoms with van der Waals surface area (Å²) in [5, 5.41) is 0. The molecule has 0 spiro atoms. The van der Waals surface area contributed by atoms with Crippen molar-refractivity contribution in [2.45, 2.75) is 38.3 Å². The van der Waals surface area contributed by atoms with Gasteiger partial charge in [0.2, 0.25) is 5.91 Å². The van der Waals surface area contributed by atoms with Crippen molar-refractivity contribution in [3.63, 3.8) is 0 Å². The lowest BCUT2D eigenvalue weighted by atomic mass is 10.1. The first-order valence-electron chi connectivity index (χ1n) is 9.28. The van der Waals surface area contributed by atoms with E-state index in [4.69, 9.17) is 9.47 Å². The third-order valence-electron chi connectivity index (χ3n) is 4.81.